The number of phenolic OH excluding ortho intramolecular Hbond substituents is 1. The highest BCUT2D eigenvalue weighted by molar-refractivity contribution is 5.82. The maximum Gasteiger partial charge on any atom is 0.407 e. The van der Waals surface area contributed by atoms with Crippen molar-refractivity contribution in [1.29, 1.82) is 0 Å². The van der Waals surface area contributed by atoms with Gasteiger partial charge in [-0.2, -0.15) is 0 Å². The maximum absolute atomic E-state index is 13.0. The van der Waals surface area contributed by atoms with Crippen molar-refractivity contribution in [3.05, 3.63) is 89.2 Å². The zero-order valence-corrected chi connectivity index (χ0v) is 21.5. The Morgan fingerprint density at radius 2 is 1.92 bits per heavy atom. The lowest BCUT2D eigenvalue weighted by molar-refractivity contribution is -0.125. The molecule has 2 heterocycles. The fraction of sp³-hybridized carbons (Fsp3) is 0.345. The Morgan fingerprint density at radius 3 is 2.68 bits per heavy atom. The highest BCUT2D eigenvalue weighted by atomic mass is 16.5. The van der Waals surface area contributed by atoms with Gasteiger partial charge in [-0.3, -0.25) is 14.5 Å². The Morgan fingerprint density at radius 1 is 1.16 bits per heavy atom. The van der Waals surface area contributed by atoms with Crippen molar-refractivity contribution in [2.24, 2.45) is 5.92 Å². The number of hydrogen-bond donors (Lipinski definition) is 3. The van der Waals surface area contributed by atoms with Crippen molar-refractivity contribution in [2.75, 3.05) is 19.6 Å². The number of aromatic nitrogens is 1. The normalized spacial score (nSPS) is 18.1. The number of rotatable bonds is 10. The predicted molar refractivity (Wildman–Crippen MR) is 146 cm³/mol. The van der Waals surface area contributed by atoms with E-state index in [2.05, 4.69) is 17.2 Å². The number of benzene rings is 2. The van der Waals surface area contributed by atoms with E-state index in [0.29, 0.717) is 38.1 Å². The summed E-state index contributed by atoms with van der Waals surface area (Å²) in [6.07, 6.45) is 1.67. The number of nitrogens with zero attached hydrogens (tertiary/aromatic N) is 2. The van der Waals surface area contributed by atoms with E-state index in [1.807, 2.05) is 42.2 Å². The molecule has 9 heteroatoms. The van der Waals surface area contributed by atoms with Crippen LogP contribution in [0.2, 0.25) is 0 Å². The van der Waals surface area contributed by atoms with Gasteiger partial charge < -0.3 is 25.0 Å². The van der Waals surface area contributed by atoms with Crippen LogP contribution < -0.4 is 16.2 Å². The molecular formula is C29H34N4O5. The Balaban J connectivity index is 1.43. The molecule has 0 spiro atoms. The van der Waals surface area contributed by atoms with Gasteiger partial charge in [-0.1, -0.05) is 36.4 Å². The first kappa shape index (κ1) is 26.9. The topological polar surface area (TPSA) is 113 Å². The van der Waals surface area contributed by atoms with Gasteiger partial charge in [-0.25, -0.2) is 4.79 Å². The highest BCUT2D eigenvalue weighted by Crippen LogP contribution is 2.27. The summed E-state index contributed by atoms with van der Waals surface area (Å²) in [5, 5.41) is 16.6. The highest BCUT2D eigenvalue weighted by Gasteiger charge is 2.39. The lowest BCUT2D eigenvalue weighted by Gasteiger charge is -2.24. The van der Waals surface area contributed by atoms with Gasteiger partial charge in [0.1, 0.15) is 12.4 Å². The Labute approximate surface area is 221 Å². The Bertz CT molecular complexity index is 1340. The average Bonchev–Trinajstić information content (AvgIpc) is 3.35. The fourth-order valence-electron chi connectivity index (χ4n) is 4.92. The van der Waals surface area contributed by atoms with Gasteiger partial charge in [0.2, 0.25) is 5.91 Å². The molecule has 1 aromatic heterocycles. The summed E-state index contributed by atoms with van der Waals surface area (Å²) >= 11 is 0. The smallest absolute Gasteiger partial charge is 0.407 e. The molecule has 3 aromatic rings. The second-order valence-corrected chi connectivity index (χ2v) is 9.60. The van der Waals surface area contributed by atoms with Crippen molar-refractivity contribution in [1.82, 2.24) is 20.1 Å². The Kier molecular flexibility index (Phi) is 8.81. The van der Waals surface area contributed by atoms with Crippen LogP contribution in [0.25, 0.3) is 10.9 Å². The number of phenols is 1. The third kappa shape index (κ3) is 6.60. The van der Waals surface area contributed by atoms with Crippen LogP contribution in [0, 0.1) is 5.92 Å². The summed E-state index contributed by atoms with van der Waals surface area (Å²) in [7, 11) is 0. The summed E-state index contributed by atoms with van der Waals surface area (Å²) in [6, 6.07) is 17.0. The van der Waals surface area contributed by atoms with Gasteiger partial charge in [0.05, 0.1) is 11.6 Å². The van der Waals surface area contributed by atoms with E-state index < -0.39 is 12.1 Å². The van der Waals surface area contributed by atoms with Gasteiger partial charge in [-0.15, -0.1) is 6.58 Å². The van der Waals surface area contributed by atoms with E-state index in [9.17, 15) is 19.5 Å². The van der Waals surface area contributed by atoms with E-state index in [1.165, 1.54) is 6.07 Å². The van der Waals surface area contributed by atoms with Gasteiger partial charge in [-0.05, 0) is 48.4 Å². The average molecular weight is 519 g/mol. The number of nitrogens with one attached hydrogen (secondary N) is 2. The third-order valence-electron chi connectivity index (χ3n) is 7.01. The number of pyridine rings is 1. The van der Waals surface area contributed by atoms with E-state index in [4.69, 9.17) is 4.74 Å². The van der Waals surface area contributed by atoms with E-state index in [0.717, 1.165) is 10.9 Å². The number of alkyl carbamates (subject to hydrolysis) is 1. The van der Waals surface area contributed by atoms with Crippen molar-refractivity contribution in [3.8, 4) is 5.75 Å². The molecule has 0 radical (unpaired) electrons. The number of carbonyl (C=O) groups is 2. The van der Waals surface area contributed by atoms with Crippen molar-refractivity contribution < 1.29 is 19.4 Å². The number of likely N-dealkylation sites (tertiary alicyclic amines) is 1. The number of amides is 2. The lowest BCUT2D eigenvalue weighted by Crippen LogP contribution is -2.44. The van der Waals surface area contributed by atoms with Crippen molar-refractivity contribution >= 4 is 22.9 Å². The molecule has 3 atom stereocenters. The monoisotopic (exact) mass is 518 g/mol. The number of hydrogen-bond acceptors (Lipinski definition) is 6. The minimum atomic E-state index is -0.505. The molecule has 0 bridgehead atoms. The minimum absolute atomic E-state index is 0.00652. The Hall–Kier alpha value is -4.11. The van der Waals surface area contributed by atoms with E-state index >= 15 is 0 Å². The van der Waals surface area contributed by atoms with Crippen LogP contribution in [-0.4, -0.2) is 58.3 Å². The van der Waals surface area contributed by atoms with E-state index in [1.54, 1.807) is 34.9 Å². The van der Waals surface area contributed by atoms with Gasteiger partial charge in [0.15, 0.2) is 0 Å². The van der Waals surface area contributed by atoms with Crippen LogP contribution >= 0.6 is 0 Å². The molecule has 2 amide bonds. The maximum atomic E-state index is 13.0. The quantitative estimate of drug-likeness (QED) is 0.356. The van der Waals surface area contributed by atoms with Crippen molar-refractivity contribution in [2.45, 2.75) is 38.6 Å². The third-order valence-corrected chi connectivity index (χ3v) is 7.01. The fourth-order valence-corrected chi connectivity index (χ4v) is 4.92. The molecule has 200 valence electrons. The molecule has 1 aliphatic rings. The molecule has 2 aromatic carbocycles. The second kappa shape index (κ2) is 12.4. The lowest BCUT2D eigenvalue weighted by atomic mass is 9.98. The summed E-state index contributed by atoms with van der Waals surface area (Å²) in [4.78, 5) is 40.1. The second-order valence-electron chi connectivity index (χ2n) is 9.60. The molecule has 0 saturated carbocycles. The molecule has 3 N–H and O–H groups in total. The van der Waals surface area contributed by atoms with Gasteiger partial charge >= 0.3 is 6.09 Å². The molecule has 0 aliphatic carbocycles. The molecule has 4 rings (SSSR count). The predicted octanol–water partition coefficient (Wildman–Crippen LogP) is 3.01. The summed E-state index contributed by atoms with van der Waals surface area (Å²) in [5.41, 5.74) is 1.36. The zero-order valence-electron chi connectivity index (χ0n) is 21.5. The van der Waals surface area contributed by atoms with Crippen LogP contribution in [0.3, 0.4) is 0 Å². The van der Waals surface area contributed by atoms with Crippen LogP contribution in [0.1, 0.15) is 18.9 Å². The number of aromatic hydroxyl groups is 1. The SMILES string of the molecule is C=CCNC(=O)[C@@H]1C[C@@H](C(C)NC(=O)OCc2ccccc2)CN1CCn1c(=O)ccc2ccc(O)cc21. The molecule has 1 unspecified atom stereocenters. The molecule has 1 fully saturated rings. The van der Waals surface area contributed by atoms with Gasteiger partial charge in [0, 0.05) is 44.4 Å². The van der Waals surface area contributed by atoms with E-state index in [-0.39, 0.29) is 35.8 Å². The van der Waals surface area contributed by atoms with Gasteiger partial charge in [0.25, 0.3) is 5.56 Å². The number of fused-ring (bicyclic) bond motifs is 1. The summed E-state index contributed by atoms with van der Waals surface area (Å²) in [5.74, 6) is -0.0278. The minimum Gasteiger partial charge on any atom is -0.508 e. The molecule has 9 nitrogen and oxygen atoms in total. The number of ether oxygens (including phenoxy) is 1. The van der Waals surface area contributed by atoms with Crippen LogP contribution in [0.5, 0.6) is 5.75 Å². The first-order valence-corrected chi connectivity index (χ1v) is 12.8. The van der Waals surface area contributed by atoms with Crippen molar-refractivity contribution in [3.63, 3.8) is 0 Å². The summed E-state index contributed by atoms with van der Waals surface area (Å²) < 4.78 is 6.98. The molecule has 1 saturated heterocycles. The first-order valence-electron chi connectivity index (χ1n) is 12.8. The zero-order chi connectivity index (χ0) is 27.1. The molecule has 1 aliphatic heterocycles. The summed E-state index contributed by atoms with van der Waals surface area (Å²) in [6.45, 7) is 7.47. The van der Waals surface area contributed by atoms with Crippen LogP contribution in [0.4, 0.5) is 4.79 Å². The number of carbonyl (C=O) groups excluding carboxylic acids is 2. The molecule has 38 heavy (non-hydrogen) atoms. The van der Waals surface area contributed by atoms with Crippen LogP contribution in [0.15, 0.2) is 78.1 Å². The largest absolute Gasteiger partial charge is 0.508 e. The first-order chi connectivity index (χ1) is 18.4. The standard InChI is InChI=1S/C29H34N4O5/c1-3-13-30-28(36)26-16-23(20(2)31-29(37)38-19-21-7-5-4-6-8-21)18-32(26)14-15-33-25-17-24(34)11-9-22(25)10-12-27(33)35/h3-12,17,20,23,26,34H,1,13-16,18-19H2,2H3,(H,30,36)(H,31,37)/t20?,23-,26+/m1/s1. The molecular weight excluding hydrogens is 484 g/mol. The van der Waals surface area contributed by atoms with Crippen LogP contribution in [-0.2, 0) is 22.7 Å².